The van der Waals surface area contributed by atoms with Crippen LogP contribution in [0.15, 0.2) is 89.8 Å². The third-order valence-corrected chi connectivity index (χ3v) is 6.51. The molecule has 3 aromatic rings. The van der Waals surface area contributed by atoms with Gasteiger partial charge in [0.1, 0.15) is 5.75 Å². The molecule has 0 aromatic heterocycles. The average molecular weight is 437 g/mol. The zero-order chi connectivity index (χ0) is 22.3. The van der Waals surface area contributed by atoms with Crippen LogP contribution >= 0.6 is 0 Å². The minimum absolute atomic E-state index is 0.153. The van der Waals surface area contributed by atoms with Crippen molar-refractivity contribution in [3.05, 3.63) is 90.5 Å². The number of amides is 1. The molecule has 6 nitrogen and oxygen atoms in total. The maximum absolute atomic E-state index is 13.0. The number of hydrogen-bond donors (Lipinski definition) is 1. The summed E-state index contributed by atoms with van der Waals surface area (Å²) < 4.78 is 32.7. The van der Waals surface area contributed by atoms with Gasteiger partial charge >= 0.3 is 0 Å². The summed E-state index contributed by atoms with van der Waals surface area (Å²) in [6, 6.07) is 22.4. The summed E-state index contributed by atoms with van der Waals surface area (Å²) in [5.41, 5.74) is 1.88. The predicted molar refractivity (Wildman–Crippen MR) is 124 cm³/mol. The average Bonchev–Trinajstić information content (AvgIpc) is 2.79. The Balaban J connectivity index is 1.72. The van der Waals surface area contributed by atoms with Gasteiger partial charge in [0.25, 0.3) is 10.0 Å². The lowest BCUT2D eigenvalue weighted by molar-refractivity contribution is -0.111. The first-order valence-electron chi connectivity index (χ1n) is 9.75. The van der Waals surface area contributed by atoms with Crippen molar-refractivity contribution in [1.82, 2.24) is 0 Å². The zero-order valence-electron chi connectivity index (χ0n) is 17.4. The summed E-state index contributed by atoms with van der Waals surface area (Å²) in [4.78, 5) is 12.4. The van der Waals surface area contributed by atoms with Gasteiger partial charge in [-0.2, -0.15) is 0 Å². The van der Waals surface area contributed by atoms with E-state index in [4.69, 9.17) is 4.74 Å². The van der Waals surface area contributed by atoms with Crippen LogP contribution in [0.1, 0.15) is 12.5 Å². The van der Waals surface area contributed by atoms with Gasteiger partial charge < -0.3 is 10.1 Å². The second-order valence-electron chi connectivity index (χ2n) is 6.59. The van der Waals surface area contributed by atoms with Gasteiger partial charge in [-0.05, 0) is 55.5 Å². The molecule has 0 heterocycles. The number of para-hydroxylation sites is 2. The fourth-order valence-corrected chi connectivity index (χ4v) is 4.55. The molecule has 0 radical (unpaired) electrons. The number of carbonyl (C=O) groups excluding carboxylic acids is 1. The fraction of sp³-hybridized carbons (Fsp3) is 0.125. The highest BCUT2D eigenvalue weighted by atomic mass is 32.2. The molecule has 0 aliphatic carbocycles. The van der Waals surface area contributed by atoms with Gasteiger partial charge in [0.05, 0.1) is 17.7 Å². The van der Waals surface area contributed by atoms with Crippen molar-refractivity contribution in [3.63, 3.8) is 0 Å². The number of carbonyl (C=O) groups is 1. The van der Waals surface area contributed by atoms with Crippen molar-refractivity contribution in [1.29, 1.82) is 0 Å². The lowest BCUT2D eigenvalue weighted by Gasteiger charge is -2.23. The molecule has 0 saturated carbocycles. The minimum Gasteiger partial charge on any atom is -0.496 e. The minimum atomic E-state index is -3.71. The standard InChI is InChI=1S/C24H24N2O4S/c1-3-26(21-10-5-4-6-11-21)31(28,29)22-16-14-20(15-17-22)25-24(27)18-13-19-9-7-8-12-23(19)30-2/h4-18H,3H2,1-2H3,(H,25,27). The van der Waals surface area contributed by atoms with Crippen molar-refractivity contribution >= 4 is 33.4 Å². The Morgan fingerprint density at radius 2 is 1.61 bits per heavy atom. The first-order valence-corrected chi connectivity index (χ1v) is 11.2. The molecule has 0 fully saturated rings. The normalized spacial score (nSPS) is 11.3. The van der Waals surface area contributed by atoms with Crippen LogP contribution in [0.4, 0.5) is 11.4 Å². The highest BCUT2D eigenvalue weighted by molar-refractivity contribution is 7.92. The van der Waals surface area contributed by atoms with Gasteiger partial charge in [0, 0.05) is 23.9 Å². The van der Waals surface area contributed by atoms with Crippen LogP contribution in [0.5, 0.6) is 5.75 Å². The third-order valence-electron chi connectivity index (χ3n) is 4.59. The molecule has 0 unspecified atom stereocenters. The van der Waals surface area contributed by atoms with E-state index in [0.717, 1.165) is 5.56 Å². The van der Waals surface area contributed by atoms with Gasteiger partial charge in [0.2, 0.25) is 5.91 Å². The Bertz CT molecular complexity index is 1160. The molecule has 0 aliphatic rings. The van der Waals surface area contributed by atoms with Crippen LogP contribution in [0, 0.1) is 0 Å². The predicted octanol–water partition coefficient (Wildman–Crippen LogP) is 4.56. The van der Waals surface area contributed by atoms with Crippen molar-refractivity contribution in [3.8, 4) is 5.75 Å². The molecule has 0 spiro atoms. The molecule has 160 valence electrons. The molecule has 7 heteroatoms. The number of benzene rings is 3. The first-order chi connectivity index (χ1) is 15.0. The van der Waals surface area contributed by atoms with Crippen LogP contribution < -0.4 is 14.4 Å². The molecular weight excluding hydrogens is 412 g/mol. The number of methoxy groups -OCH3 is 1. The van der Waals surface area contributed by atoms with E-state index >= 15 is 0 Å². The number of ether oxygens (including phenoxy) is 1. The van der Waals surface area contributed by atoms with E-state index in [-0.39, 0.29) is 10.8 Å². The summed E-state index contributed by atoms with van der Waals surface area (Å²) >= 11 is 0. The topological polar surface area (TPSA) is 75.7 Å². The van der Waals surface area contributed by atoms with Gasteiger partial charge in [-0.3, -0.25) is 9.10 Å². The number of rotatable bonds is 8. The van der Waals surface area contributed by atoms with E-state index in [1.165, 1.54) is 22.5 Å². The Morgan fingerprint density at radius 3 is 2.26 bits per heavy atom. The quantitative estimate of drug-likeness (QED) is 0.525. The summed E-state index contributed by atoms with van der Waals surface area (Å²) in [5, 5.41) is 2.73. The Morgan fingerprint density at radius 1 is 0.968 bits per heavy atom. The van der Waals surface area contributed by atoms with Crippen LogP contribution in [0.2, 0.25) is 0 Å². The Labute approximate surface area is 182 Å². The van der Waals surface area contributed by atoms with E-state index in [1.807, 2.05) is 30.3 Å². The third kappa shape index (κ3) is 5.32. The number of hydrogen-bond acceptors (Lipinski definition) is 4. The molecule has 31 heavy (non-hydrogen) atoms. The molecule has 0 atom stereocenters. The molecule has 3 rings (SSSR count). The Hall–Kier alpha value is -3.58. The maximum atomic E-state index is 13.0. The highest BCUT2D eigenvalue weighted by Crippen LogP contribution is 2.24. The van der Waals surface area contributed by atoms with Crippen LogP contribution in [-0.4, -0.2) is 28.0 Å². The summed E-state index contributed by atoms with van der Waals surface area (Å²) in [7, 11) is -2.14. The van der Waals surface area contributed by atoms with Gasteiger partial charge in [-0.25, -0.2) is 8.42 Å². The number of sulfonamides is 1. The number of nitrogens with one attached hydrogen (secondary N) is 1. The van der Waals surface area contributed by atoms with Crippen molar-refractivity contribution in [2.24, 2.45) is 0 Å². The van der Waals surface area contributed by atoms with E-state index in [9.17, 15) is 13.2 Å². The van der Waals surface area contributed by atoms with Crippen molar-refractivity contribution in [2.45, 2.75) is 11.8 Å². The van der Waals surface area contributed by atoms with E-state index in [0.29, 0.717) is 23.7 Å². The molecule has 3 aromatic carbocycles. The van der Waals surface area contributed by atoms with E-state index < -0.39 is 10.0 Å². The first kappa shape index (κ1) is 22.1. The van der Waals surface area contributed by atoms with Crippen LogP contribution in [0.25, 0.3) is 6.08 Å². The molecule has 0 bridgehead atoms. The van der Waals surface area contributed by atoms with E-state index in [1.54, 1.807) is 56.5 Å². The van der Waals surface area contributed by atoms with Gasteiger partial charge in [0.15, 0.2) is 0 Å². The summed E-state index contributed by atoms with van der Waals surface area (Å²) in [5.74, 6) is 0.334. The summed E-state index contributed by atoms with van der Waals surface area (Å²) in [6.45, 7) is 2.09. The van der Waals surface area contributed by atoms with Crippen molar-refractivity contribution in [2.75, 3.05) is 23.3 Å². The molecule has 1 amide bonds. The number of anilines is 2. The fourth-order valence-electron chi connectivity index (χ4n) is 3.08. The molecular formula is C24H24N2O4S. The molecule has 1 N–H and O–H groups in total. The smallest absolute Gasteiger partial charge is 0.264 e. The van der Waals surface area contributed by atoms with Crippen LogP contribution in [-0.2, 0) is 14.8 Å². The van der Waals surface area contributed by atoms with Gasteiger partial charge in [-0.1, -0.05) is 36.4 Å². The van der Waals surface area contributed by atoms with E-state index in [2.05, 4.69) is 5.32 Å². The zero-order valence-corrected chi connectivity index (χ0v) is 18.2. The second-order valence-corrected chi connectivity index (χ2v) is 8.46. The van der Waals surface area contributed by atoms with Gasteiger partial charge in [-0.15, -0.1) is 0 Å². The summed E-state index contributed by atoms with van der Waals surface area (Å²) in [6.07, 6.45) is 3.06. The lowest BCUT2D eigenvalue weighted by atomic mass is 10.2. The Kier molecular flexibility index (Phi) is 7.10. The maximum Gasteiger partial charge on any atom is 0.264 e. The second kappa shape index (κ2) is 9.95. The van der Waals surface area contributed by atoms with Crippen LogP contribution in [0.3, 0.4) is 0 Å². The highest BCUT2D eigenvalue weighted by Gasteiger charge is 2.23. The van der Waals surface area contributed by atoms with Crippen molar-refractivity contribution < 1.29 is 17.9 Å². The molecule has 0 saturated heterocycles. The molecule has 0 aliphatic heterocycles. The monoisotopic (exact) mass is 436 g/mol. The largest absolute Gasteiger partial charge is 0.496 e. The lowest BCUT2D eigenvalue weighted by Crippen LogP contribution is -2.30. The number of nitrogens with zero attached hydrogens (tertiary/aromatic N) is 1. The SMILES string of the molecule is CCN(c1ccccc1)S(=O)(=O)c1ccc(NC(=O)C=Cc2ccccc2OC)cc1.